The number of amides is 2. The first-order chi connectivity index (χ1) is 15.6. The number of rotatable bonds is 7. The van der Waals surface area contributed by atoms with Crippen molar-refractivity contribution < 1.29 is 14.3 Å². The Balaban J connectivity index is 1.36. The van der Waals surface area contributed by atoms with E-state index in [1.54, 1.807) is 54.5 Å². The van der Waals surface area contributed by atoms with Gasteiger partial charge in [-0.25, -0.2) is 9.48 Å². The van der Waals surface area contributed by atoms with Crippen molar-refractivity contribution >= 4 is 28.9 Å². The molecule has 4 aromatic rings. The van der Waals surface area contributed by atoms with E-state index < -0.39 is 6.03 Å². The minimum absolute atomic E-state index is 0.405. The molecule has 10 heteroatoms. The predicted molar refractivity (Wildman–Crippen MR) is 121 cm³/mol. The molecule has 0 aliphatic carbocycles. The Bertz CT molecular complexity index is 1180. The van der Waals surface area contributed by atoms with Crippen LogP contribution >= 0.6 is 0 Å². The van der Waals surface area contributed by atoms with E-state index in [-0.39, 0.29) is 0 Å². The van der Waals surface area contributed by atoms with Gasteiger partial charge in [-0.1, -0.05) is 0 Å². The highest BCUT2D eigenvalue weighted by atomic mass is 16.5. The molecule has 162 valence electrons. The third kappa shape index (κ3) is 4.93. The van der Waals surface area contributed by atoms with Crippen molar-refractivity contribution in [3.8, 4) is 17.3 Å². The van der Waals surface area contributed by atoms with Crippen LogP contribution in [-0.4, -0.2) is 40.2 Å². The van der Waals surface area contributed by atoms with Crippen molar-refractivity contribution in [3.05, 3.63) is 73.1 Å². The zero-order chi connectivity index (χ0) is 22.3. The summed E-state index contributed by atoms with van der Waals surface area (Å²) < 4.78 is 12.1. The van der Waals surface area contributed by atoms with Gasteiger partial charge in [0.1, 0.15) is 11.5 Å². The summed E-state index contributed by atoms with van der Waals surface area (Å²) in [5.41, 5.74) is 1.92. The van der Waals surface area contributed by atoms with Crippen molar-refractivity contribution in [2.24, 2.45) is 0 Å². The minimum Gasteiger partial charge on any atom is -0.497 e. The number of urea groups is 1. The van der Waals surface area contributed by atoms with Crippen LogP contribution in [0.4, 0.5) is 27.7 Å². The van der Waals surface area contributed by atoms with E-state index in [2.05, 4.69) is 31.2 Å². The number of carbonyl (C=O) groups is 1. The van der Waals surface area contributed by atoms with E-state index in [0.29, 0.717) is 34.5 Å². The van der Waals surface area contributed by atoms with Gasteiger partial charge in [-0.2, -0.15) is 5.10 Å². The van der Waals surface area contributed by atoms with Crippen molar-refractivity contribution in [1.82, 2.24) is 20.0 Å². The van der Waals surface area contributed by atoms with Crippen LogP contribution in [0.3, 0.4) is 0 Å². The molecule has 3 N–H and O–H groups in total. The molecular weight excluding hydrogens is 410 g/mol. The van der Waals surface area contributed by atoms with Crippen molar-refractivity contribution in [3.63, 3.8) is 0 Å². The van der Waals surface area contributed by atoms with Crippen LogP contribution in [0.25, 0.3) is 5.82 Å². The lowest BCUT2D eigenvalue weighted by molar-refractivity contribution is 0.262. The van der Waals surface area contributed by atoms with Crippen LogP contribution in [0.1, 0.15) is 0 Å². The van der Waals surface area contributed by atoms with Crippen LogP contribution in [-0.2, 0) is 0 Å². The highest BCUT2D eigenvalue weighted by Crippen LogP contribution is 2.29. The normalized spacial score (nSPS) is 10.3. The van der Waals surface area contributed by atoms with Gasteiger partial charge in [0.05, 0.1) is 19.9 Å². The zero-order valence-electron chi connectivity index (χ0n) is 17.4. The number of nitrogens with zero attached hydrogens (tertiary/aromatic N) is 4. The Morgan fingerprint density at radius 2 is 1.72 bits per heavy atom. The molecule has 0 fully saturated rings. The fraction of sp³-hybridized carbons (Fsp3) is 0.0909. The van der Waals surface area contributed by atoms with Crippen LogP contribution in [0.2, 0.25) is 0 Å². The molecule has 0 atom stereocenters. The van der Waals surface area contributed by atoms with Gasteiger partial charge in [-0.05, 0) is 54.6 Å². The van der Waals surface area contributed by atoms with E-state index in [0.717, 1.165) is 5.69 Å². The molecule has 0 saturated heterocycles. The maximum Gasteiger partial charge on any atom is 0.323 e. The van der Waals surface area contributed by atoms with Gasteiger partial charge < -0.3 is 25.4 Å². The molecule has 0 bridgehead atoms. The zero-order valence-corrected chi connectivity index (χ0v) is 17.4. The quantitative estimate of drug-likeness (QED) is 0.404. The van der Waals surface area contributed by atoms with Gasteiger partial charge in [0.15, 0.2) is 11.6 Å². The van der Waals surface area contributed by atoms with Crippen LogP contribution in [0.5, 0.6) is 11.5 Å². The maximum absolute atomic E-state index is 12.4. The monoisotopic (exact) mass is 431 g/mol. The average molecular weight is 431 g/mol. The molecule has 0 unspecified atom stereocenters. The largest absolute Gasteiger partial charge is 0.497 e. The number of nitrogens with one attached hydrogen (secondary N) is 3. The summed E-state index contributed by atoms with van der Waals surface area (Å²) in [6.45, 7) is 0. The second-order valence-corrected chi connectivity index (χ2v) is 6.58. The van der Waals surface area contributed by atoms with Gasteiger partial charge in [0, 0.05) is 29.8 Å². The van der Waals surface area contributed by atoms with Crippen molar-refractivity contribution in [2.45, 2.75) is 0 Å². The first kappa shape index (κ1) is 20.7. The standard InChI is InChI=1S/C22H21N7O3/c1-31-17-8-9-19(32-2)18(14-17)26-22(30)25-16-6-4-15(5-7-16)24-20-10-11-21(28-27-20)29-13-3-12-23-29/h3-14H,1-2H3,(H,24,27)(H2,25,26,30). The molecule has 0 aliphatic heterocycles. The van der Waals surface area contributed by atoms with Gasteiger partial charge in [0.25, 0.3) is 0 Å². The lowest BCUT2D eigenvalue weighted by Crippen LogP contribution is -2.19. The summed E-state index contributed by atoms with van der Waals surface area (Å²) in [5, 5.41) is 21.1. The van der Waals surface area contributed by atoms with Crippen molar-refractivity contribution in [1.29, 1.82) is 0 Å². The van der Waals surface area contributed by atoms with Gasteiger partial charge in [0.2, 0.25) is 0 Å². The molecule has 2 heterocycles. The highest BCUT2D eigenvalue weighted by molar-refractivity contribution is 6.00. The topological polar surface area (TPSA) is 115 Å². The Morgan fingerprint density at radius 1 is 0.906 bits per heavy atom. The number of aromatic nitrogens is 4. The number of hydrogen-bond acceptors (Lipinski definition) is 7. The summed E-state index contributed by atoms with van der Waals surface area (Å²) in [6, 6.07) is 17.4. The van der Waals surface area contributed by atoms with Gasteiger partial charge >= 0.3 is 6.03 Å². The number of benzene rings is 2. The number of ether oxygens (including phenoxy) is 2. The lowest BCUT2D eigenvalue weighted by Gasteiger charge is -2.13. The molecule has 10 nitrogen and oxygen atoms in total. The van der Waals surface area contributed by atoms with Crippen LogP contribution in [0, 0.1) is 0 Å². The number of hydrogen-bond donors (Lipinski definition) is 3. The molecule has 2 amide bonds. The number of anilines is 4. The molecule has 0 saturated carbocycles. The smallest absolute Gasteiger partial charge is 0.323 e. The fourth-order valence-corrected chi connectivity index (χ4v) is 2.90. The van der Waals surface area contributed by atoms with E-state index in [1.165, 1.54) is 7.11 Å². The predicted octanol–water partition coefficient (Wildman–Crippen LogP) is 4.07. The van der Waals surface area contributed by atoms with E-state index in [4.69, 9.17) is 9.47 Å². The average Bonchev–Trinajstić information content (AvgIpc) is 3.36. The first-order valence-electron chi connectivity index (χ1n) is 9.65. The third-order valence-electron chi connectivity index (χ3n) is 4.46. The van der Waals surface area contributed by atoms with E-state index >= 15 is 0 Å². The molecule has 2 aromatic carbocycles. The maximum atomic E-state index is 12.4. The SMILES string of the molecule is COc1ccc(OC)c(NC(=O)Nc2ccc(Nc3ccc(-n4cccn4)nn3)cc2)c1. The van der Waals surface area contributed by atoms with Gasteiger partial charge in [-0.3, -0.25) is 0 Å². The Labute approximate surface area is 184 Å². The van der Waals surface area contributed by atoms with Crippen LogP contribution in [0.15, 0.2) is 73.1 Å². The molecule has 32 heavy (non-hydrogen) atoms. The van der Waals surface area contributed by atoms with Crippen molar-refractivity contribution in [2.75, 3.05) is 30.2 Å². The number of carbonyl (C=O) groups excluding carboxylic acids is 1. The summed E-state index contributed by atoms with van der Waals surface area (Å²) in [5.74, 6) is 2.35. The molecule has 0 aliphatic rings. The molecular formula is C22H21N7O3. The Hall–Kier alpha value is -4.60. The Kier molecular flexibility index (Phi) is 6.12. The second kappa shape index (κ2) is 9.47. The fourth-order valence-electron chi connectivity index (χ4n) is 2.90. The third-order valence-corrected chi connectivity index (χ3v) is 4.46. The first-order valence-corrected chi connectivity index (χ1v) is 9.65. The molecule has 0 radical (unpaired) electrons. The second-order valence-electron chi connectivity index (χ2n) is 6.58. The summed E-state index contributed by atoms with van der Waals surface area (Å²) in [6.07, 6.45) is 3.47. The number of methoxy groups -OCH3 is 2. The molecule has 4 rings (SSSR count). The van der Waals surface area contributed by atoms with E-state index in [1.807, 2.05) is 30.3 Å². The highest BCUT2D eigenvalue weighted by Gasteiger charge is 2.09. The van der Waals surface area contributed by atoms with Gasteiger partial charge in [-0.15, -0.1) is 10.2 Å². The lowest BCUT2D eigenvalue weighted by atomic mass is 10.2. The molecule has 2 aromatic heterocycles. The summed E-state index contributed by atoms with van der Waals surface area (Å²) >= 11 is 0. The summed E-state index contributed by atoms with van der Waals surface area (Å²) in [4.78, 5) is 12.4. The van der Waals surface area contributed by atoms with Crippen LogP contribution < -0.4 is 25.4 Å². The van der Waals surface area contributed by atoms with E-state index in [9.17, 15) is 4.79 Å². The minimum atomic E-state index is -0.405. The molecule has 0 spiro atoms. The Morgan fingerprint density at radius 3 is 2.38 bits per heavy atom. The summed E-state index contributed by atoms with van der Waals surface area (Å²) in [7, 11) is 3.09.